The lowest BCUT2D eigenvalue weighted by molar-refractivity contribution is 0.0934. The van der Waals surface area contributed by atoms with Crippen LogP contribution in [0.2, 0.25) is 0 Å². The number of amides is 1. The maximum atomic E-state index is 12.3. The van der Waals surface area contributed by atoms with Gasteiger partial charge in [0.1, 0.15) is 0 Å². The number of aromatic nitrogens is 1. The van der Waals surface area contributed by atoms with Gasteiger partial charge in [0.15, 0.2) is 0 Å². The van der Waals surface area contributed by atoms with Gasteiger partial charge in [-0.3, -0.25) is 9.78 Å². The Morgan fingerprint density at radius 3 is 2.74 bits per heavy atom. The summed E-state index contributed by atoms with van der Waals surface area (Å²) in [5, 5.41) is 6.35. The minimum atomic E-state index is -0.0352. The van der Waals surface area contributed by atoms with E-state index in [4.69, 9.17) is 0 Å². The Kier molecular flexibility index (Phi) is 6.93. The van der Waals surface area contributed by atoms with Gasteiger partial charge in [-0.2, -0.15) is 0 Å². The van der Waals surface area contributed by atoms with Crippen LogP contribution in [0.25, 0.3) is 0 Å². The number of nitrogens with one attached hydrogen (secondary N) is 2. The van der Waals surface area contributed by atoms with Crippen molar-refractivity contribution in [1.29, 1.82) is 0 Å². The quantitative estimate of drug-likeness (QED) is 0.757. The highest BCUT2D eigenvalue weighted by Gasteiger charge is 2.14. The molecule has 0 aliphatic heterocycles. The third-order valence-corrected chi connectivity index (χ3v) is 3.10. The molecule has 0 radical (unpaired) electrons. The third kappa shape index (κ3) is 4.89. The zero-order valence-corrected chi connectivity index (χ0v) is 12.2. The van der Waals surface area contributed by atoms with Gasteiger partial charge in [-0.05, 0) is 25.3 Å². The summed E-state index contributed by atoms with van der Waals surface area (Å²) in [4.78, 5) is 16.3. The molecule has 0 aliphatic rings. The fourth-order valence-electron chi connectivity index (χ4n) is 1.98. The molecule has 1 rings (SSSR count). The highest BCUT2D eigenvalue weighted by atomic mass is 16.1. The summed E-state index contributed by atoms with van der Waals surface area (Å²) >= 11 is 0. The first-order valence-electron chi connectivity index (χ1n) is 7.21. The van der Waals surface area contributed by atoms with Crippen LogP contribution in [-0.2, 0) is 0 Å². The van der Waals surface area contributed by atoms with Gasteiger partial charge in [0.2, 0.25) is 0 Å². The van der Waals surface area contributed by atoms with Crippen molar-refractivity contribution >= 4 is 11.6 Å². The molecule has 0 saturated heterocycles. The van der Waals surface area contributed by atoms with E-state index in [0.717, 1.165) is 37.9 Å². The number of hydrogen-bond donors (Lipinski definition) is 2. The van der Waals surface area contributed by atoms with E-state index in [1.165, 1.54) is 0 Å². The largest absolute Gasteiger partial charge is 0.384 e. The first-order valence-corrected chi connectivity index (χ1v) is 7.21. The summed E-state index contributed by atoms with van der Waals surface area (Å²) < 4.78 is 0. The van der Waals surface area contributed by atoms with Crippen LogP contribution in [0, 0.1) is 0 Å². The highest BCUT2D eigenvalue weighted by Crippen LogP contribution is 2.14. The van der Waals surface area contributed by atoms with Gasteiger partial charge in [0.05, 0.1) is 11.3 Å². The molecule has 0 bridgehead atoms. The summed E-state index contributed by atoms with van der Waals surface area (Å²) in [6.07, 6.45) is 7.41. The minimum Gasteiger partial charge on any atom is -0.384 e. The van der Waals surface area contributed by atoms with E-state index in [-0.39, 0.29) is 11.9 Å². The van der Waals surface area contributed by atoms with Crippen LogP contribution >= 0.6 is 0 Å². The number of hydrogen-bond acceptors (Lipinski definition) is 3. The van der Waals surface area contributed by atoms with Crippen molar-refractivity contribution in [2.45, 2.75) is 52.5 Å². The van der Waals surface area contributed by atoms with Crippen LogP contribution in [0.5, 0.6) is 0 Å². The van der Waals surface area contributed by atoms with E-state index in [2.05, 4.69) is 36.4 Å². The lowest BCUT2D eigenvalue weighted by Crippen LogP contribution is -2.34. The Morgan fingerprint density at radius 1 is 1.32 bits per heavy atom. The SMILES string of the molecule is CCCNc1ccncc1C(=O)NC(CC)CCC. The van der Waals surface area contributed by atoms with E-state index in [1.54, 1.807) is 12.4 Å². The van der Waals surface area contributed by atoms with Crippen molar-refractivity contribution in [2.75, 3.05) is 11.9 Å². The molecule has 1 heterocycles. The van der Waals surface area contributed by atoms with Crippen LogP contribution in [0.3, 0.4) is 0 Å². The predicted octanol–water partition coefficient (Wildman–Crippen LogP) is 3.21. The summed E-state index contributed by atoms with van der Waals surface area (Å²) in [5.41, 5.74) is 1.49. The standard InChI is InChI=1S/C15H25N3O/c1-4-7-12(6-3)18-15(19)13-11-16-10-8-14(13)17-9-5-2/h8,10-12H,4-7,9H2,1-3H3,(H,16,17)(H,18,19). The molecule has 106 valence electrons. The predicted molar refractivity (Wildman–Crippen MR) is 79.5 cm³/mol. The van der Waals surface area contributed by atoms with Crippen molar-refractivity contribution in [3.05, 3.63) is 24.0 Å². The van der Waals surface area contributed by atoms with Gasteiger partial charge in [0, 0.05) is 25.0 Å². The second-order valence-corrected chi connectivity index (χ2v) is 4.72. The third-order valence-electron chi connectivity index (χ3n) is 3.10. The summed E-state index contributed by atoms with van der Waals surface area (Å²) in [6, 6.07) is 2.10. The molecule has 4 heteroatoms. The van der Waals surface area contributed by atoms with Crippen LogP contribution < -0.4 is 10.6 Å². The summed E-state index contributed by atoms with van der Waals surface area (Å²) in [7, 11) is 0. The number of anilines is 1. The van der Waals surface area contributed by atoms with E-state index >= 15 is 0 Å². The topological polar surface area (TPSA) is 54.0 Å². The molecule has 1 unspecified atom stereocenters. The molecular weight excluding hydrogens is 238 g/mol. The second-order valence-electron chi connectivity index (χ2n) is 4.72. The lowest BCUT2D eigenvalue weighted by atomic mass is 10.1. The average molecular weight is 263 g/mol. The molecule has 2 N–H and O–H groups in total. The van der Waals surface area contributed by atoms with Crippen molar-refractivity contribution in [1.82, 2.24) is 10.3 Å². The molecule has 1 aromatic rings. The molecule has 0 aliphatic carbocycles. The molecule has 4 nitrogen and oxygen atoms in total. The van der Waals surface area contributed by atoms with Crippen molar-refractivity contribution in [2.24, 2.45) is 0 Å². The second kappa shape index (κ2) is 8.51. The number of carbonyl (C=O) groups is 1. The van der Waals surface area contributed by atoms with E-state index in [9.17, 15) is 4.79 Å². The van der Waals surface area contributed by atoms with Gasteiger partial charge < -0.3 is 10.6 Å². The molecular formula is C15H25N3O. The van der Waals surface area contributed by atoms with Gasteiger partial charge in [-0.25, -0.2) is 0 Å². The van der Waals surface area contributed by atoms with Gasteiger partial charge >= 0.3 is 0 Å². The summed E-state index contributed by atoms with van der Waals surface area (Å²) in [5.74, 6) is -0.0352. The van der Waals surface area contributed by atoms with Crippen LogP contribution in [0.1, 0.15) is 56.8 Å². The first-order chi connectivity index (χ1) is 9.22. The van der Waals surface area contributed by atoms with Gasteiger partial charge in [-0.1, -0.05) is 27.2 Å². The monoisotopic (exact) mass is 263 g/mol. The molecule has 0 spiro atoms. The Balaban J connectivity index is 2.75. The normalized spacial score (nSPS) is 11.9. The lowest BCUT2D eigenvalue weighted by Gasteiger charge is -2.17. The Bertz CT molecular complexity index is 393. The zero-order chi connectivity index (χ0) is 14.1. The van der Waals surface area contributed by atoms with Gasteiger partial charge in [0.25, 0.3) is 5.91 Å². The van der Waals surface area contributed by atoms with Crippen molar-refractivity contribution in [3.8, 4) is 0 Å². The zero-order valence-electron chi connectivity index (χ0n) is 12.2. The van der Waals surface area contributed by atoms with E-state index in [0.29, 0.717) is 5.56 Å². The molecule has 19 heavy (non-hydrogen) atoms. The molecule has 1 aromatic heterocycles. The average Bonchev–Trinajstić information content (AvgIpc) is 2.44. The molecule has 1 atom stereocenters. The fraction of sp³-hybridized carbons (Fsp3) is 0.600. The maximum absolute atomic E-state index is 12.3. The first kappa shape index (κ1) is 15.5. The van der Waals surface area contributed by atoms with Crippen molar-refractivity contribution in [3.63, 3.8) is 0 Å². The van der Waals surface area contributed by atoms with Gasteiger partial charge in [-0.15, -0.1) is 0 Å². The Hall–Kier alpha value is -1.58. The van der Waals surface area contributed by atoms with E-state index < -0.39 is 0 Å². The summed E-state index contributed by atoms with van der Waals surface area (Å²) in [6.45, 7) is 7.19. The number of pyridine rings is 1. The molecule has 0 saturated carbocycles. The van der Waals surface area contributed by atoms with Crippen LogP contribution in [-0.4, -0.2) is 23.5 Å². The fourth-order valence-corrected chi connectivity index (χ4v) is 1.98. The number of carbonyl (C=O) groups excluding carboxylic acids is 1. The number of nitrogens with zero attached hydrogens (tertiary/aromatic N) is 1. The smallest absolute Gasteiger partial charge is 0.255 e. The highest BCUT2D eigenvalue weighted by molar-refractivity contribution is 5.99. The maximum Gasteiger partial charge on any atom is 0.255 e. The Labute approximate surface area is 116 Å². The molecule has 0 aromatic carbocycles. The Morgan fingerprint density at radius 2 is 2.11 bits per heavy atom. The van der Waals surface area contributed by atoms with Crippen LogP contribution in [0.4, 0.5) is 5.69 Å². The number of rotatable bonds is 8. The van der Waals surface area contributed by atoms with Crippen molar-refractivity contribution < 1.29 is 4.79 Å². The van der Waals surface area contributed by atoms with Crippen LogP contribution in [0.15, 0.2) is 18.5 Å². The molecule has 1 amide bonds. The molecule has 0 fully saturated rings. The minimum absolute atomic E-state index is 0.0352. The van der Waals surface area contributed by atoms with E-state index in [1.807, 2.05) is 6.07 Å².